The molecule has 0 bridgehead atoms. The maximum atomic E-state index is 8.49. The molecule has 0 spiro atoms. The van der Waals surface area contributed by atoms with E-state index in [9.17, 15) is 0 Å². The molecule has 3 heteroatoms. The second-order valence-corrected chi connectivity index (χ2v) is 5.82. The summed E-state index contributed by atoms with van der Waals surface area (Å²) in [5.41, 5.74) is 0.293. The van der Waals surface area contributed by atoms with Crippen LogP contribution in [0.2, 0.25) is 0 Å². The fourth-order valence-corrected chi connectivity index (χ4v) is 2.33. The molecule has 1 aliphatic rings. The Morgan fingerprint density at radius 1 is 1.50 bits per heavy atom. The molecule has 0 amide bonds. The van der Waals surface area contributed by atoms with Gasteiger partial charge < -0.3 is 5.32 Å². The maximum Gasteiger partial charge on any atom is 0.0635 e. The Kier molecular flexibility index (Phi) is 4.76. The highest BCUT2D eigenvalue weighted by molar-refractivity contribution is 4.88. The zero-order valence-corrected chi connectivity index (χ0v) is 11.1. The highest BCUT2D eigenvalue weighted by Crippen LogP contribution is 2.26. The molecule has 0 unspecified atom stereocenters. The summed E-state index contributed by atoms with van der Waals surface area (Å²) in [6.07, 6.45) is 1.89. The van der Waals surface area contributed by atoms with E-state index in [1.165, 1.54) is 19.5 Å². The smallest absolute Gasteiger partial charge is 0.0635 e. The largest absolute Gasteiger partial charge is 0.313 e. The number of nitriles is 1. The van der Waals surface area contributed by atoms with Gasteiger partial charge in [-0.05, 0) is 46.6 Å². The standard InChI is InChI=1S/C13H25N3/c1-11(15-8-5-7-14)12-6-9-16(10-12)13(2,3)4/h11-12,15H,5-6,8-10H2,1-4H3/t11-,12+/m0/s1. The second-order valence-electron chi connectivity index (χ2n) is 5.82. The lowest BCUT2D eigenvalue weighted by atomic mass is 10.00. The molecule has 92 valence electrons. The predicted octanol–water partition coefficient (Wildman–Crippen LogP) is 2.00. The quantitative estimate of drug-likeness (QED) is 0.741. The van der Waals surface area contributed by atoms with Crippen LogP contribution in [-0.4, -0.2) is 36.1 Å². The van der Waals surface area contributed by atoms with E-state index in [0.717, 1.165) is 12.5 Å². The van der Waals surface area contributed by atoms with Crippen LogP contribution in [0.5, 0.6) is 0 Å². The van der Waals surface area contributed by atoms with Crippen molar-refractivity contribution in [3.8, 4) is 6.07 Å². The van der Waals surface area contributed by atoms with E-state index >= 15 is 0 Å². The van der Waals surface area contributed by atoms with Gasteiger partial charge in [-0.25, -0.2) is 0 Å². The highest BCUT2D eigenvalue weighted by Gasteiger charge is 2.32. The van der Waals surface area contributed by atoms with Crippen molar-refractivity contribution in [3.05, 3.63) is 0 Å². The molecule has 1 rings (SSSR count). The van der Waals surface area contributed by atoms with E-state index in [1.807, 2.05) is 0 Å². The average molecular weight is 223 g/mol. The van der Waals surface area contributed by atoms with E-state index in [0.29, 0.717) is 18.0 Å². The summed E-state index contributed by atoms with van der Waals surface area (Å²) in [7, 11) is 0. The number of nitrogens with one attached hydrogen (secondary N) is 1. The molecule has 16 heavy (non-hydrogen) atoms. The summed E-state index contributed by atoms with van der Waals surface area (Å²) in [5.74, 6) is 0.734. The van der Waals surface area contributed by atoms with Crippen molar-refractivity contribution in [2.24, 2.45) is 5.92 Å². The Morgan fingerprint density at radius 2 is 2.19 bits per heavy atom. The van der Waals surface area contributed by atoms with Crippen LogP contribution in [0.4, 0.5) is 0 Å². The van der Waals surface area contributed by atoms with Gasteiger partial charge in [-0.1, -0.05) is 0 Å². The Labute approximate surface area is 99.8 Å². The summed E-state index contributed by atoms with van der Waals surface area (Å²) < 4.78 is 0. The minimum absolute atomic E-state index is 0.293. The molecule has 1 saturated heterocycles. The summed E-state index contributed by atoms with van der Waals surface area (Å²) in [4.78, 5) is 2.56. The number of likely N-dealkylation sites (tertiary alicyclic amines) is 1. The number of nitrogens with zero attached hydrogens (tertiary/aromatic N) is 2. The van der Waals surface area contributed by atoms with Crippen molar-refractivity contribution in [1.29, 1.82) is 5.26 Å². The van der Waals surface area contributed by atoms with Gasteiger partial charge in [-0.3, -0.25) is 4.90 Å². The first-order valence-corrected chi connectivity index (χ1v) is 6.30. The first-order chi connectivity index (χ1) is 7.45. The van der Waals surface area contributed by atoms with Crippen LogP contribution in [0, 0.1) is 17.2 Å². The Morgan fingerprint density at radius 3 is 2.69 bits per heavy atom. The van der Waals surface area contributed by atoms with Gasteiger partial charge in [0.1, 0.15) is 0 Å². The fourth-order valence-electron chi connectivity index (χ4n) is 2.33. The van der Waals surface area contributed by atoms with Gasteiger partial charge in [0, 0.05) is 31.1 Å². The van der Waals surface area contributed by atoms with Gasteiger partial charge in [0.15, 0.2) is 0 Å². The molecule has 0 aliphatic carbocycles. The normalized spacial score (nSPS) is 24.3. The second kappa shape index (κ2) is 5.65. The van der Waals surface area contributed by atoms with Crippen molar-refractivity contribution in [1.82, 2.24) is 10.2 Å². The molecule has 2 atom stereocenters. The van der Waals surface area contributed by atoms with Crippen LogP contribution in [0.3, 0.4) is 0 Å². The van der Waals surface area contributed by atoms with Crippen molar-refractivity contribution >= 4 is 0 Å². The van der Waals surface area contributed by atoms with Crippen molar-refractivity contribution < 1.29 is 0 Å². The lowest BCUT2D eigenvalue weighted by Gasteiger charge is -2.32. The molecule has 3 nitrogen and oxygen atoms in total. The van der Waals surface area contributed by atoms with Gasteiger partial charge in [-0.15, -0.1) is 0 Å². The van der Waals surface area contributed by atoms with E-state index in [4.69, 9.17) is 5.26 Å². The molecular formula is C13H25N3. The molecule has 0 aromatic rings. The molecule has 0 radical (unpaired) electrons. The first kappa shape index (κ1) is 13.5. The van der Waals surface area contributed by atoms with Gasteiger partial charge in [0.05, 0.1) is 6.07 Å². The van der Waals surface area contributed by atoms with Gasteiger partial charge >= 0.3 is 0 Å². The van der Waals surface area contributed by atoms with Gasteiger partial charge in [0.25, 0.3) is 0 Å². The topological polar surface area (TPSA) is 39.1 Å². The molecule has 1 heterocycles. The zero-order valence-electron chi connectivity index (χ0n) is 11.1. The molecule has 0 aromatic heterocycles. The molecular weight excluding hydrogens is 198 g/mol. The minimum Gasteiger partial charge on any atom is -0.313 e. The van der Waals surface area contributed by atoms with E-state index in [-0.39, 0.29) is 0 Å². The Balaban J connectivity index is 2.33. The monoisotopic (exact) mass is 223 g/mol. The lowest BCUT2D eigenvalue weighted by molar-refractivity contribution is 0.164. The summed E-state index contributed by atoms with van der Waals surface area (Å²) in [6.45, 7) is 12.3. The fraction of sp³-hybridized carbons (Fsp3) is 0.923. The lowest BCUT2D eigenvalue weighted by Crippen LogP contribution is -2.41. The summed E-state index contributed by atoms with van der Waals surface area (Å²) in [5, 5.41) is 11.9. The van der Waals surface area contributed by atoms with Crippen LogP contribution in [-0.2, 0) is 0 Å². The molecule has 1 N–H and O–H groups in total. The Hall–Kier alpha value is -0.590. The van der Waals surface area contributed by atoms with Gasteiger partial charge in [0.2, 0.25) is 0 Å². The number of rotatable bonds is 4. The number of hydrogen-bond acceptors (Lipinski definition) is 3. The maximum absolute atomic E-state index is 8.49. The van der Waals surface area contributed by atoms with Crippen LogP contribution in [0.15, 0.2) is 0 Å². The van der Waals surface area contributed by atoms with Crippen molar-refractivity contribution in [2.75, 3.05) is 19.6 Å². The van der Waals surface area contributed by atoms with Crippen molar-refractivity contribution in [3.63, 3.8) is 0 Å². The third kappa shape index (κ3) is 3.77. The molecule has 0 saturated carbocycles. The zero-order chi connectivity index (χ0) is 12.2. The molecule has 0 aromatic carbocycles. The van der Waals surface area contributed by atoms with E-state index in [1.54, 1.807) is 0 Å². The third-order valence-corrected chi connectivity index (χ3v) is 3.58. The predicted molar refractivity (Wildman–Crippen MR) is 67.1 cm³/mol. The van der Waals surface area contributed by atoms with Crippen LogP contribution >= 0.6 is 0 Å². The Bertz CT molecular complexity index is 249. The SMILES string of the molecule is C[C@H](NCCC#N)[C@@H]1CCN(C(C)(C)C)C1. The van der Waals surface area contributed by atoms with Crippen LogP contribution in [0.25, 0.3) is 0 Å². The van der Waals surface area contributed by atoms with Crippen LogP contribution in [0.1, 0.15) is 40.5 Å². The molecule has 1 aliphatic heterocycles. The van der Waals surface area contributed by atoms with Gasteiger partial charge in [-0.2, -0.15) is 5.26 Å². The minimum atomic E-state index is 0.293. The first-order valence-electron chi connectivity index (χ1n) is 6.30. The third-order valence-electron chi connectivity index (χ3n) is 3.58. The summed E-state index contributed by atoms with van der Waals surface area (Å²) in [6, 6.07) is 2.70. The van der Waals surface area contributed by atoms with E-state index < -0.39 is 0 Å². The number of hydrogen-bond donors (Lipinski definition) is 1. The van der Waals surface area contributed by atoms with E-state index in [2.05, 4.69) is 44.0 Å². The summed E-state index contributed by atoms with van der Waals surface area (Å²) >= 11 is 0. The average Bonchev–Trinajstić information content (AvgIpc) is 2.66. The van der Waals surface area contributed by atoms with Crippen LogP contribution < -0.4 is 5.32 Å². The highest BCUT2D eigenvalue weighted by atomic mass is 15.2. The molecule has 1 fully saturated rings. The van der Waals surface area contributed by atoms with Crippen molar-refractivity contribution in [2.45, 2.75) is 52.1 Å².